The Morgan fingerprint density at radius 2 is 1.59 bits per heavy atom. The zero-order chi connectivity index (χ0) is 15.2. The second-order valence-electron chi connectivity index (χ2n) is 4.97. The maximum Gasteiger partial charge on any atom is 0.148 e. The van der Waals surface area contributed by atoms with Crippen molar-refractivity contribution in [3.05, 3.63) is 77.3 Å². The van der Waals surface area contributed by atoms with E-state index in [9.17, 15) is 0 Å². The largest absolute Gasteiger partial charge is 0.368 e. The molecule has 110 valence electrons. The van der Waals surface area contributed by atoms with Crippen LogP contribution < -0.4 is 5.32 Å². The molecule has 1 aromatic heterocycles. The van der Waals surface area contributed by atoms with Gasteiger partial charge in [0, 0.05) is 17.1 Å². The van der Waals surface area contributed by atoms with Crippen LogP contribution in [-0.4, -0.2) is 16.7 Å². The molecule has 0 saturated carbocycles. The summed E-state index contributed by atoms with van der Waals surface area (Å²) in [5, 5.41) is 12.5. The standard InChI is InChI=1S/C18H16ClN3/c19-16-8-6-15(7-9-16)17-10-11-18(22-21-17)20-13-12-14-4-2-1-3-5-14/h1-11H,12-13H2,(H,20,22). The lowest BCUT2D eigenvalue weighted by atomic mass is 10.1. The SMILES string of the molecule is Clc1ccc(-c2ccc(NCCc3ccccc3)nn2)cc1. The number of hydrogen-bond acceptors (Lipinski definition) is 3. The molecule has 4 heteroatoms. The smallest absolute Gasteiger partial charge is 0.148 e. The molecule has 0 aliphatic rings. The highest BCUT2D eigenvalue weighted by Gasteiger charge is 2.01. The first-order valence-electron chi connectivity index (χ1n) is 7.19. The Morgan fingerprint density at radius 1 is 0.818 bits per heavy atom. The van der Waals surface area contributed by atoms with Gasteiger partial charge in [0.1, 0.15) is 5.82 Å². The number of nitrogens with zero attached hydrogens (tertiary/aromatic N) is 2. The van der Waals surface area contributed by atoms with E-state index in [2.05, 4.69) is 39.8 Å². The third-order valence-electron chi connectivity index (χ3n) is 3.37. The van der Waals surface area contributed by atoms with E-state index in [1.807, 2.05) is 42.5 Å². The molecule has 0 unspecified atom stereocenters. The monoisotopic (exact) mass is 309 g/mol. The number of benzene rings is 2. The van der Waals surface area contributed by atoms with Gasteiger partial charge < -0.3 is 5.32 Å². The molecule has 0 amide bonds. The van der Waals surface area contributed by atoms with Crippen molar-refractivity contribution < 1.29 is 0 Å². The molecule has 22 heavy (non-hydrogen) atoms. The van der Waals surface area contributed by atoms with Gasteiger partial charge in [0.2, 0.25) is 0 Å². The normalized spacial score (nSPS) is 10.4. The van der Waals surface area contributed by atoms with Gasteiger partial charge in [-0.15, -0.1) is 10.2 Å². The van der Waals surface area contributed by atoms with E-state index in [0.29, 0.717) is 0 Å². The van der Waals surface area contributed by atoms with Gasteiger partial charge in [0.15, 0.2) is 0 Å². The molecule has 0 fully saturated rings. The van der Waals surface area contributed by atoms with Gasteiger partial charge in [-0.3, -0.25) is 0 Å². The predicted molar refractivity (Wildman–Crippen MR) is 91.1 cm³/mol. The predicted octanol–water partition coefficient (Wildman–Crippen LogP) is 4.45. The summed E-state index contributed by atoms with van der Waals surface area (Å²) in [4.78, 5) is 0. The molecule has 3 aromatic rings. The Morgan fingerprint density at radius 3 is 2.27 bits per heavy atom. The second kappa shape index (κ2) is 7.05. The Kier molecular flexibility index (Phi) is 4.66. The van der Waals surface area contributed by atoms with Crippen molar-refractivity contribution in [2.45, 2.75) is 6.42 Å². The van der Waals surface area contributed by atoms with Crippen LogP contribution in [0, 0.1) is 0 Å². The van der Waals surface area contributed by atoms with E-state index >= 15 is 0 Å². The summed E-state index contributed by atoms with van der Waals surface area (Å²) >= 11 is 5.89. The molecule has 0 aliphatic carbocycles. The van der Waals surface area contributed by atoms with Crippen LogP contribution in [0.1, 0.15) is 5.56 Å². The fourth-order valence-electron chi connectivity index (χ4n) is 2.18. The quantitative estimate of drug-likeness (QED) is 0.756. The van der Waals surface area contributed by atoms with Gasteiger partial charge in [-0.25, -0.2) is 0 Å². The fraction of sp³-hybridized carbons (Fsp3) is 0.111. The average Bonchev–Trinajstić information content (AvgIpc) is 2.57. The number of nitrogens with one attached hydrogen (secondary N) is 1. The lowest BCUT2D eigenvalue weighted by Crippen LogP contribution is -2.06. The van der Waals surface area contributed by atoms with Gasteiger partial charge in [-0.05, 0) is 36.2 Å². The van der Waals surface area contributed by atoms with E-state index in [0.717, 1.165) is 35.1 Å². The molecule has 0 bridgehead atoms. The molecule has 0 radical (unpaired) electrons. The van der Waals surface area contributed by atoms with E-state index in [1.54, 1.807) is 0 Å². The Labute approximate surface area is 135 Å². The van der Waals surface area contributed by atoms with Crippen molar-refractivity contribution in [2.24, 2.45) is 0 Å². The third-order valence-corrected chi connectivity index (χ3v) is 3.62. The summed E-state index contributed by atoms with van der Waals surface area (Å²) in [6.07, 6.45) is 0.960. The summed E-state index contributed by atoms with van der Waals surface area (Å²) in [7, 11) is 0. The minimum absolute atomic E-state index is 0.718. The molecule has 3 nitrogen and oxygen atoms in total. The van der Waals surface area contributed by atoms with Crippen molar-refractivity contribution in [3.63, 3.8) is 0 Å². The first kappa shape index (κ1) is 14.5. The Balaban J connectivity index is 1.58. The van der Waals surface area contributed by atoms with Crippen LogP contribution in [0.4, 0.5) is 5.82 Å². The number of aromatic nitrogens is 2. The first-order chi connectivity index (χ1) is 10.8. The maximum atomic E-state index is 5.89. The van der Waals surface area contributed by atoms with Crippen molar-refractivity contribution >= 4 is 17.4 Å². The lowest BCUT2D eigenvalue weighted by Gasteiger charge is -2.06. The molecule has 0 spiro atoms. The van der Waals surface area contributed by atoms with Crippen molar-refractivity contribution in [1.29, 1.82) is 0 Å². The number of hydrogen-bond donors (Lipinski definition) is 1. The summed E-state index contributed by atoms with van der Waals surface area (Å²) in [6.45, 7) is 0.832. The molecule has 0 atom stereocenters. The van der Waals surface area contributed by atoms with Crippen molar-refractivity contribution in [3.8, 4) is 11.3 Å². The third kappa shape index (κ3) is 3.83. The second-order valence-corrected chi connectivity index (χ2v) is 5.41. The van der Waals surface area contributed by atoms with Crippen LogP contribution in [-0.2, 0) is 6.42 Å². The Hall–Kier alpha value is -2.39. The Bertz CT molecular complexity index is 710. The number of halogens is 1. The zero-order valence-corrected chi connectivity index (χ0v) is 12.8. The molecule has 2 aromatic carbocycles. The number of rotatable bonds is 5. The van der Waals surface area contributed by atoms with Gasteiger partial charge in [0.25, 0.3) is 0 Å². The maximum absolute atomic E-state index is 5.89. The molecule has 0 aliphatic heterocycles. The van der Waals surface area contributed by atoms with Crippen LogP contribution in [0.25, 0.3) is 11.3 Å². The summed E-state index contributed by atoms with van der Waals surface area (Å²) in [5.74, 6) is 0.786. The average molecular weight is 310 g/mol. The van der Waals surface area contributed by atoms with E-state index < -0.39 is 0 Å². The van der Waals surface area contributed by atoms with Crippen LogP contribution in [0.5, 0.6) is 0 Å². The van der Waals surface area contributed by atoms with E-state index in [4.69, 9.17) is 11.6 Å². The molecule has 3 rings (SSSR count). The highest BCUT2D eigenvalue weighted by atomic mass is 35.5. The van der Waals surface area contributed by atoms with Crippen molar-refractivity contribution in [2.75, 3.05) is 11.9 Å². The molecule has 1 heterocycles. The van der Waals surface area contributed by atoms with E-state index in [-0.39, 0.29) is 0 Å². The van der Waals surface area contributed by atoms with Gasteiger partial charge in [0.05, 0.1) is 5.69 Å². The van der Waals surface area contributed by atoms with Gasteiger partial charge in [-0.1, -0.05) is 54.1 Å². The molecule has 0 saturated heterocycles. The van der Waals surface area contributed by atoms with Crippen LogP contribution in [0.2, 0.25) is 5.02 Å². The van der Waals surface area contributed by atoms with Crippen LogP contribution in [0.15, 0.2) is 66.7 Å². The topological polar surface area (TPSA) is 37.8 Å². The minimum Gasteiger partial charge on any atom is -0.368 e. The zero-order valence-electron chi connectivity index (χ0n) is 12.0. The van der Waals surface area contributed by atoms with Gasteiger partial charge >= 0.3 is 0 Å². The molecular weight excluding hydrogens is 294 g/mol. The van der Waals surface area contributed by atoms with Crippen molar-refractivity contribution in [1.82, 2.24) is 10.2 Å². The summed E-state index contributed by atoms with van der Waals surface area (Å²) in [6, 6.07) is 21.9. The minimum atomic E-state index is 0.718. The summed E-state index contributed by atoms with van der Waals surface area (Å²) < 4.78 is 0. The molecular formula is C18H16ClN3. The highest BCUT2D eigenvalue weighted by Crippen LogP contribution is 2.19. The van der Waals surface area contributed by atoms with Crippen LogP contribution >= 0.6 is 11.6 Å². The van der Waals surface area contributed by atoms with Crippen LogP contribution in [0.3, 0.4) is 0 Å². The highest BCUT2D eigenvalue weighted by molar-refractivity contribution is 6.30. The fourth-order valence-corrected chi connectivity index (χ4v) is 2.31. The lowest BCUT2D eigenvalue weighted by molar-refractivity contribution is 0.970. The number of anilines is 1. The molecule has 1 N–H and O–H groups in total. The first-order valence-corrected chi connectivity index (χ1v) is 7.56. The summed E-state index contributed by atoms with van der Waals surface area (Å²) in [5.41, 5.74) is 3.15. The van der Waals surface area contributed by atoms with E-state index in [1.165, 1.54) is 5.56 Å². The van der Waals surface area contributed by atoms with Gasteiger partial charge in [-0.2, -0.15) is 0 Å².